The number of carbonyl (C=O) groups is 1. The third-order valence-corrected chi connectivity index (χ3v) is 5.42. The lowest BCUT2D eigenvalue weighted by Gasteiger charge is -2.29. The van der Waals surface area contributed by atoms with Gasteiger partial charge in [0.1, 0.15) is 0 Å². The van der Waals surface area contributed by atoms with E-state index in [1.54, 1.807) is 0 Å². The van der Waals surface area contributed by atoms with Crippen molar-refractivity contribution in [2.45, 2.75) is 39.3 Å². The number of hydrogen-bond donors (Lipinski definition) is 2. The first-order chi connectivity index (χ1) is 14.2. The summed E-state index contributed by atoms with van der Waals surface area (Å²) in [6, 6.07) is 16.1. The number of hydrogen-bond acceptors (Lipinski definition) is 2. The number of benzene rings is 2. The molecule has 6 heteroatoms. The van der Waals surface area contributed by atoms with Crippen molar-refractivity contribution in [2.24, 2.45) is 4.99 Å². The monoisotopic (exact) mass is 412 g/mol. The van der Waals surface area contributed by atoms with Crippen molar-refractivity contribution in [1.29, 1.82) is 0 Å². The lowest BCUT2D eigenvalue weighted by molar-refractivity contribution is -0.132. The predicted molar refractivity (Wildman–Crippen MR) is 119 cm³/mol. The molecule has 29 heavy (non-hydrogen) atoms. The molecule has 2 aromatic rings. The first-order valence-electron chi connectivity index (χ1n) is 10.3. The minimum Gasteiger partial charge on any atom is -0.357 e. The third-order valence-electron chi connectivity index (χ3n) is 5.05. The van der Waals surface area contributed by atoms with Crippen molar-refractivity contribution < 1.29 is 4.79 Å². The molecule has 3 rings (SSSR count). The molecule has 1 amide bonds. The fourth-order valence-corrected chi connectivity index (χ4v) is 3.64. The van der Waals surface area contributed by atoms with Gasteiger partial charge in [-0.15, -0.1) is 0 Å². The maximum absolute atomic E-state index is 12.6. The molecule has 1 heterocycles. The second-order valence-electron chi connectivity index (χ2n) is 7.15. The van der Waals surface area contributed by atoms with E-state index in [9.17, 15) is 4.79 Å². The normalized spacial score (nSPS) is 13.7. The minimum atomic E-state index is 0.222. The number of rotatable bonds is 7. The van der Waals surface area contributed by atoms with Crippen molar-refractivity contribution in [3.05, 3.63) is 70.2 Å². The molecule has 0 radical (unpaired) electrons. The number of carbonyl (C=O) groups excluding carboxylic acids is 1. The van der Waals surface area contributed by atoms with Crippen LogP contribution in [0.4, 0.5) is 0 Å². The maximum Gasteiger partial charge on any atom is 0.222 e. The van der Waals surface area contributed by atoms with Crippen molar-refractivity contribution >= 4 is 23.5 Å². The van der Waals surface area contributed by atoms with Gasteiger partial charge in [0.25, 0.3) is 0 Å². The number of aliphatic imine (C=N–C) groups is 1. The predicted octanol–water partition coefficient (Wildman–Crippen LogP) is 3.76. The van der Waals surface area contributed by atoms with Gasteiger partial charge in [-0.25, -0.2) is 4.99 Å². The highest BCUT2D eigenvalue weighted by Crippen LogP contribution is 2.19. The Morgan fingerprint density at radius 3 is 2.66 bits per heavy atom. The molecule has 0 aromatic heterocycles. The largest absolute Gasteiger partial charge is 0.357 e. The SMILES string of the molecule is CCNC(=NCc1ccccc1Cl)NCCCC(=O)N1CCc2ccccc2C1. The van der Waals surface area contributed by atoms with E-state index in [4.69, 9.17) is 11.6 Å². The Bertz CT molecular complexity index is 852. The number of guanidine groups is 1. The van der Waals surface area contributed by atoms with E-state index in [1.807, 2.05) is 42.2 Å². The number of halogens is 1. The summed E-state index contributed by atoms with van der Waals surface area (Å²) in [6.07, 6.45) is 2.26. The van der Waals surface area contributed by atoms with E-state index in [-0.39, 0.29) is 5.91 Å². The van der Waals surface area contributed by atoms with Crippen molar-refractivity contribution in [3.63, 3.8) is 0 Å². The zero-order chi connectivity index (χ0) is 20.5. The number of nitrogens with one attached hydrogen (secondary N) is 2. The highest BCUT2D eigenvalue weighted by Gasteiger charge is 2.19. The van der Waals surface area contributed by atoms with Crippen LogP contribution in [0, 0.1) is 0 Å². The number of nitrogens with zero attached hydrogens (tertiary/aromatic N) is 2. The molecule has 0 unspecified atom stereocenters. The van der Waals surface area contributed by atoms with Crippen LogP contribution in [0.5, 0.6) is 0 Å². The quantitative estimate of drug-likeness (QED) is 0.413. The summed E-state index contributed by atoms with van der Waals surface area (Å²) < 4.78 is 0. The molecule has 1 aliphatic rings. The van der Waals surface area contributed by atoms with Crippen LogP contribution in [0.15, 0.2) is 53.5 Å². The van der Waals surface area contributed by atoms with E-state index in [2.05, 4.69) is 33.8 Å². The fraction of sp³-hybridized carbons (Fsp3) is 0.391. The van der Waals surface area contributed by atoms with Gasteiger partial charge in [-0.05, 0) is 42.5 Å². The molecule has 0 atom stereocenters. The molecule has 0 saturated heterocycles. The van der Waals surface area contributed by atoms with Gasteiger partial charge in [0.15, 0.2) is 5.96 Å². The molecular weight excluding hydrogens is 384 g/mol. The van der Waals surface area contributed by atoms with E-state index in [1.165, 1.54) is 11.1 Å². The summed E-state index contributed by atoms with van der Waals surface area (Å²) in [6.45, 7) is 5.56. The summed E-state index contributed by atoms with van der Waals surface area (Å²) in [5.41, 5.74) is 3.63. The highest BCUT2D eigenvalue weighted by molar-refractivity contribution is 6.31. The molecule has 2 aromatic carbocycles. The summed E-state index contributed by atoms with van der Waals surface area (Å²) >= 11 is 6.20. The lowest BCUT2D eigenvalue weighted by atomic mass is 9.99. The van der Waals surface area contributed by atoms with Gasteiger partial charge in [-0.1, -0.05) is 54.1 Å². The molecule has 5 nitrogen and oxygen atoms in total. The molecule has 0 bridgehead atoms. The molecular formula is C23H29ClN4O. The second kappa shape index (κ2) is 10.9. The van der Waals surface area contributed by atoms with Gasteiger partial charge in [0.2, 0.25) is 5.91 Å². The summed E-state index contributed by atoms with van der Waals surface area (Å²) in [5.74, 6) is 0.964. The minimum absolute atomic E-state index is 0.222. The molecule has 0 aliphatic carbocycles. The van der Waals surface area contributed by atoms with Crippen LogP contribution < -0.4 is 10.6 Å². The maximum atomic E-state index is 12.6. The highest BCUT2D eigenvalue weighted by atomic mass is 35.5. The Morgan fingerprint density at radius 2 is 1.86 bits per heavy atom. The number of fused-ring (bicyclic) bond motifs is 1. The van der Waals surface area contributed by atoms with Crippen molar-refractivity contribution in [2.75, 3.05) is 19.6 Å². The Kier molecular flexibility index (Phi) is 7.94. The molecule has 0 saturated carbocycles. The molecule has 1 aliphatic heterocycles. The topological polar surface area (TPSA) is 56.7 Å². The van der Waals surface area contributed by atoms with Gasteiger partial charge < -0.3 is 15.5 Å². The molecule has 154 valence electrons. The van der Waals surface area contributed by atoms with E-state index >= 15 is 0 Å². The van der Waals surface area contributed by atoms with Gasteiger partial charge in [0, 0.05) is 37.6 Å². The van der Waals surface area contributed by atoms with Crippen LogP contribution in [0.2, 0.25) is 5.02 Å². The summed E-state index contributed by atoms with van der Waals surface area (Å²) in [5, 5.41) is 7.27. The van der Waals surface area contributed by atoms with Crippen LogP contribution >= 0.6 is 11.6 Å². The zero-order valence-corrected chi connectivity index (χ0v) is 17.7. The van der Waals surface area contributed by atoms with Gasteiger partial charge in [-0.3, -0.25) is 4.79 Å². The Morgan fingerprint density at radius 1 is 1.10 bits per heavy atom. The smallest absolute Gasteiger partial charge is 0.222 e. The first-order valence-corrected chi connectivity index (χ1v) is 10.7. The molecule has 0 spiro atoms. The Balaban J connectivity index is 1.43. The Labute approximate surface area is 178 Å². The summed E-state index contributed by atoms with van der Waals surface area (Å²) in [4.78, 5) is 19.1. The van der Waals surface area contributed by atoms with E-state index in [0.717, 1.165) is 49.0 Å². The van der Waals surface area contributed by atoms with E-state index < -0.39 is 0 Å². The average molecular weight is 413 g/mol. The van der Waals surface area contributed by atoms with E-state index in [0.29, 0.717) is 19.5 Å². The standard InChI is InChI=1S/C23H29ClN4O/c1-2-25-23(27-16-19-9-5-6-11-21(19)24)26-14-7-12-22(29)28-15-13-18-8-3-4-10-20(18)17-28/h3-6,8-11H,2,7,12-17H2,1H3,(H2,25,26,27). The first kappa shape index (κ1) is 21.2. The average Bonchev–Trinajstić information content (AvgIpc) is 2.75. The zero-order valence-electron chi connectivity index (χ0n) is 17.0. The Hall–Kier alpha value is -2.53. The van der Waals surface area contributed by atoms with Crippen molar-refractivity contribution in [3.8, 4) is 0 Å². The van der Waals surface area contributed by atoms with Crippen LogP contribution in [-0.2, 0) is 24.3 Å². The fourth-order valence-electron chi connectivity index (χ4n) is 3.45. The number of amides is 1. The third kappa shape index (κ3) is 6.23. The summed E-state index contributed by atoms with van der Waals surface area (Å²) in [7, 11) is 0. The molecule has 0 fully saturated rings. The van der Waals surface area contributed by atoms with Crippen LogP contribution in [0.25, 0.3) is 0 Å². The second-order valence-corrected chi connectivity index (χ2v) is 7.56. The van der Waals surface area contributed by atoms with Crippen LogP contribution in [0.3, 0.4) is 0 Å². The van der Waals surface area contributed by atoms with Gasteiger partial charge >= 0.3 is 0 Å². The van der Waals surface area contributed by atoms with Crippen LogP contribution in [0.1, 0.15) is 36.5 Å². The molecule has 2 N–H and O–H groups in total. The van der Waals surface area contributed by atoms with Crippen LogP contribution in [-0.4, -0.2) is 36.4 Å². The lowest BCUT2D eigenvalue weighted by Crippen LogP contribution is -2.39. The van der Waals surface area contributed by atoms with Crippen molar-refractivity contribution in [1.82, 2.24) is 15.5 Å². The van der Waals surface area contributed by atoms with Gasteiger partial charge in [-0.2, -0.15) is 0 Å². The van der Waals surface area contributed by atoms with Gasteiger partial charge in [0.05, 0.1) is 6.54 Å².